The second-order valence-corrected chi connectivity index (χ2v) is 7.54. The first-order chi connectivity index (χ1) is 9.56. The molecule has 0 spiro atoms. The van der Waals surface area contributed by atoms with E-state index in [1.54, 1.807) is 22.7 Å². The van der Waals surface area contributed by atoms with E-state index in [2.05, 4.69) is 43.4 Å². The first-order valence-electron chi connectivity index (χ1n) is 6.78. The maximum absolute atomic E-state index is 12.3. The lowest BCUT2D eigenvalue weighted by Crippen LogP contribution is -2.35. The third kappa shape index (κ3) is 2.34. The molecule has 2 nitrogen and oxygen atoms in total. The van der Waals surface area contributed by atoms with E-state index >= 15 is 0 Å². The Kier molecular flexibility index (Phi) is 3.52. The van der Waals surface area contributed by atoms with Crippen molar-refractivity contribution in [2.75, 3.05) is 0 Å². The number of hydrogen-bond donors (Lipinski definition) is 1. The summed E-state index contributed by atoms with van der Waals surface area (Å²) < 4.78 is 3.72. The van der Waals surface area contributed by atoms with Crippen LogP contribution in [0.25, 0.3) is 19.5 Å². The fraction of sp³-hybridized carbons (Fsp3) is 0.312. The Labute approximate surface area is 126 Å². The summed E-state index contributed by atoms with van der Waals surface area (Å²) in [6.45, 7) is 6.28. The van der Waals surface area contributed by atoms with Gasteiger partial charge in [-0.3, -0.25) is 4.79 Å². The zero-order chi connectivity index (χ0) is 14.3. The first-order valence-corrected chi connectivity index (χ1v) is 8.41. The molecule has 1 atom stereocenters. The minimum Gasteiger partial charge on any atom is -0.349 e. The molecule has 0 unspecified atom stereocenters. The van der Waals surface area contributed by atoms with E-state index in [0.29, 0.717) is 5.92 Å². The Balaban J connectivity index is 1.95. The van der Waals surface area contributed by atoms with Gasteiger partial charge in [-0.05, 0) is 25.0 Å². The monoisotopic (exact) mass is 303 g/mol. The highest BCUT2D eigenvalue weighted by molar-refractivity contribution is 7.33. The molecule has 3 aromatic rings. The van der Waals surface area contributed by atoms with Crippen LogP contribution in [0.3, 0.4) is 0 Å². The fourth-order valence-corrected chi connectivity index (χ4v) is 4.48. The first kappa shape index (κ1) is 13.6. The number of nitrogens with one attached hydrogen (secondary N) is 1. The van der Waals surface area contributed by atoms with Gasteiger partial charge < -0.3 is 5.32 Å². The molecular formula is C16H17NOS2. The molecule has 2 heterocycles. The van der Waals surface area contributed by atoms with Crippen molar-refractivity contribution in [3.05, 3.63) is 35.2 Å². The van der Waals surface area contributed by atoms with E-state index in [4.69, 9.17) is 0 Å². The molecule has 0 aliphatic rings. The molecule has 0 bridgehead atoms. The highest BCUT2D eigenvalue weighted by atomic mass is 32.1. The smallest absolute Gasteiger partial charge is 0.261 e. The Morgan fingerprint density at radius 3 is 2.60 bits per heavy atom. The van der Waals surface area contributed by atoms with Crippen molar-refractivity contribution in [3.8, 4) is 0 Å². The maximum atomic E-state index is 12.3. The zero-order valence-electron chi connectivity index (χ0n) is 11.8. The Hall–Kier alpha value is -1.39. The number of hydrogen-bond acceptors (Lipinski definition) is 3. The predicted octanol–water partition coefficient (Wildman–Crippen LogP) is 4.89. The molecule has 0 saturated carbocycles. The van der Waals surface area contributed by atoms with Gasteiger partial charge in [0, 0.05) is 20.8 Å². The van der Waals surface area contributed by atoms with Crippen LogP contribution in [0.15, 0.2) is 30.3 Å². The molecule has 1 N–H and O–H groups in total. The van der Waals surface area contributed by atoms with E-state index in [0.717, 1.165) is 4.88 Å². The fourth-order valence-electron chi connectivity index (χ4n) is 2.06. The van der Waals surface area contributed by atoms with Crippen molar-refractivity contribution in [2.45, 2.75) is 26.8 Å². The summed E-state index contributed by atoms with van der Waals surface area (Å²) in [5.41, 5.74) is 0. The maximum Gasteiger partial charge on any atom is 0.261 e. The molecule has 0 aliphatic heterocycles. The van der Waals surface area contributed by atoms with Crippen LogP contribution in [-0.2, 0) is 0 Å². The minimum absolute atomic E-state index is 0.0451. The summed E-state index contributed by atoms with van der Waals surface area (Å²) in [6.07, 6.45) is 0. The Morgan fingerprint density at radius 2 is 1.85 bits per heavy atom. The summed E-state index contributed by atoms with van der Waals surface area (Å²) in [4.78, 5) is 13.1. The normalized spacial score (nSPS) is 13.2. The topological polar surface area (TPSA) is 29.1 Å². The highest BCUT2D eigenvalue weighted by Crippen LogP contribution is 2.39. The van der Waals surface area contributed by atoms with Gasteiger partial charge in [0.15, 0.2) is 0 Å². The van der Waals surface area contributed by atoms with E-state index in [-0.39, 0.29) is 11.9 Å². The molecule has 20 heavy (non-hydrogen) atoms. The lowest BCUT2D eigenvalue weighted by atomic mass is 10.1. The SMILES string of the molecule is CC(C)[C@@H](C)NC(=O)c1cc2sc3ccccc3c2s1. The van der Waals surface area contributed by atoms with E-state index in [9.17, 15) is 4.79 Å². The second kappa shape index (κ2) is 5.19. The molecule has 3 rings (SSSR count). The van der Waals surface area contributed by atoms with Crippen LogP contribution in [0, 0.1) is 5.92 Å². The molecule has 1 amide bonds. The molecule has 0 aliphatic carbocycles. The minimum atomic E-state index is 0.0451. The molecule has 0 fully saturated rings. The Bertz CT molecular complexity index is 769. The summed E-state index contributed by atoms with van der Waals surface area (Å²) in [5, 5.41) is 4.33. The quantitative estimate of drug-likeness (QED) is 0.733. The second-order valence-electron chi connectivity index (χ2n) is 5.41. The number of amides is 1. The molecule has 104 valence electrons. The molecule has 0 radical (unpaired) electrons. The number of carbonyl (C=O) groups excluding carboxylic acids is 1. The average molecular weight is 303 g/mol. The lowest BCUT2D eigenvalue weighted by molar-refractivity contribution is 0.0934. The van der Waals surface area contributed by atoms with Gasteiger partial charge in [-0.2, -0.15) is 0 Å². The van der Waals surface area contributed by atoms with Crippen molar-refractivity contribution in [3.63, 3.8) is 0 Å². The highest BCUT2D eigenvalue weighted by Gasteiger charge is 2.16. The van der Waals surface area contributed by atoms with Crippen LogP contribution in [0.5, 0.6) is 0 Å². The van der Waals surface area contributed by atoms with Gasteiger partial charge in [0.1, 0.15) is 0 Å². The third-order valence-corrected chi connectivity index (χ3v) is 6.05. The van der Waals surface area contributed by atoms with Crippen molar-refractivity contribution >= 4 is 48.1 Å². The van der Waals surface area contributed by atoms with Gasteiger partial charge in [-0.25, -0.2) is 0 Å². The third-order valence-electron chi connectivity index (χ3n) is 3.63. The van der Waals surface area contributed by atoms with Gasteiger partial charge in [-0.1, -0.05) is 32.0 Å². The van der Waals surface area contributed by atoms with Crippen LogP contribution in [0.4, 0.5) is 0 Å². The number of thiophene rings is 2. The van der Waals surface area contributed by atoms with Gasteiger partial charge in [-0.15, -0.1) is 22.7 Å². The van der Waals surface area contributed by atoms with Gasteiger partial charge in [0.05, 0.1) is 9.58 Å². The van der Waals surface area contributed by atoms with Crippen LogP contribution >= 0.6 is 22.7 Å². The summed E-state index contributed by atoms with van der Waals surface area (Å²) in [5.74, 6) is 0.490. The molecule has 0 saturated heterocycles. The van der Waals surface area contributed by atoms with Crippen LogP contribution < -0.4 is 5.32 Å². The van der Waals surface area contributed by atoms with E-state index in [1.807, 2.05) is 13.0 Å². The zero-order valence-corrected chi connectivity index (χ0v) is 13.4. The molecule has 1 aromatic carbocycles. The van der Waals surface area contributed by atoms with Gasteiger partial charge in [0.2, 0.25) is 0 Å². The largest absolute Gasteiger partial charge is 0.349 e. The summed E-state index contributed by atoms with van der Waals surface area (Å²) >= 11 is 3.35. The number of benzene rings is 1. The van der Waals surface area contributed by atoms with E-state index in [1.165, 1.54) is 19.5 Å². The van der Waals surface area contributed by atoms with Gasteiger partial charge in [0.25, 0.3) is 5.91 Å². The predicted molar refractivity (Wildman–Crippen MR) is 89.0 cm³/mol. The van der Waals surface area contributed by atoms with E-state index < -0.39 is 0 Å². The molecular weight excluding hydrogens is 286 g/mol. The standard InChI is InChI=1S/C16H17NOS2/c1-9(2)10(3)17-16(18)14-8-13-15(20-14)11-6-4-5-7-12(11)19-13/h4-10H,1-3H3,(H,17,18)/t10-/m1/s1. The average Bonchev–Trinajstić information content (AvgIpc) is 2.95. The van der Waals surface area contributed by atoms with Crippen molar-refractivity contribution < 1.29 is 4.79 Å². The lowest BCUT2D eigenvalue weighted by Gasteiger charge is -2.16. The summed E-state index contributed by atoms with van der Waals surface area (Å²) in [7, 11) is 0. The summed E-state index contributed by atoms with van der Waals surface area (Å²) in [6, 6.07) is 10.6. The van der Waals surface area contributed by atoms with Crippen LogP contribution in [0.2, 0.25) is 0 Å². The van der Waals surface area contributed by atoms with Crippen molar-refractivity contribution in [2.24, 2.45) is 5.92 Å². The van der Waals surface area contributed by atoms with Crippen LogP contribution in [0.1, 0.15) is 30.4 Å². The van der Waals surface area contributed by atoms with Crippen molar-refractivity contribution in [1.29, 1.82) is 0 Å². The number of carbonyl (C=O) groups is 1. The molecule has 4 heteroatoms. The number of rotatable bonds is 3. The number of fused-ring (bicyclic) bond motifs is 3. The van der Waals surface area contributed by atoms with Gasteiger partial charge >= 0.3 is 0 Å². The molecule has 2 aromatic heterocycles. The van der Waals surface area contributed by atoms with Crippen molar-refractivity contribution in [1.82, 2.24) is 5.32 Å². The van der Waals surface area contributed by atoms with Crippen LogP contribution in [-0.4, -0.2) is 11.9 Å². The Morgan fingerprint density at radius 1 is 1.10 bits per heavy atom.